The molecule has 0 rings (SSSR count). The van der Waals surface area contributed by atoms with E-state index in [9.17, 15) is 14.4 Å². The van der Waals surface area contributed by atoms with Gasteiger partial charge in [-0.1, -0.05) is 131 Å². The van der Waals surface area contributed by atoms with Gasteiger partial charge in [-0.05, 0) is 38.8 Å². The largest absolute Gasteiger partial charge is 0.508 e. The molecule has 0 heterocycles. The highest BCUT2D eigenvalue weighted by molar-refractivity contribution is 5.69. The van der Waals surface area contributed by atoms with Crippen LogP contribution in [0.25, 0.3) is 0 Å². The van der Waals surface area contributed by atoms with E-state index in [0.717, 1.165) is 64.6 Å². The Hall–Kier alpha value is -1.91. The Bertz CT molecular complexity index is 775. The van der Waals surface area contributed by atoms with E-state index in [1.165, 1.54) is 70.6 Å². The molecule has 0 aliphatic carbocycles. The summed E-state index contributed by atoms with van der Waals surface area (Å²) in [5, 5.41) is 0. The van der Waals surface area contributed by atoms with Gasteiger partial charge in [-0.15, -0.1) is 0 Å². The third kappa shape index (κ3) is 33.7. The van der Waals surface area contributed by atoms with Crippen molar-refractivity contribution in [2.75, 3.05) is 59.3 Å². The van der Waals surface area contributed by atoms with Crippen LogP contribution < -0.4 is 0 Å². The zero-order valence-electron chi connectivity index (χ0n) is 33.7. The summed E-state index contributed by atoms with van der Waals surface area (Å²) in [5.74, 6) is -1.20. The van der Waals surface area contributed by atoms with Crippen molar-refractivity contribution in [3.05, 3.63) is 0 Å². The van der Waals surface area contributed by atoms with Crippen LogP contribution in [0.2, 0.25) is 0 Å². The molecule has 0 aromatic heterocycles. The van der Waals surface area contributed by atoms with Crippen LogP contribution in [0.1, 0.15) is 176 Å². The quantitative estimate of drug-likeness (QED) is 0.0264. The lowest BCUT2D eigenvalue weighted by atomic mass is 10.1. The van der Waals surface area contributed by atoms with Crippen LogP contribution in [0.15, 0.2) is 0 Å². The van der Waals surface area contributed by atoms with Crippen LogP contribution in [-0.2, 0) is 38.0 Å². The number of esters is 2. The molecule has 0 radical (unpaired) electrons. The molecule has 1 unspecified atom stereocenters. The molecule has 0 spiro atoms. The summed E-state index contributed by atoms with van der Waals surface area (Å²) in [6.07, 6.45) is 20.9. The summed E-state index contributed by atoms with van der Waals surface area (Å²) >= 11 is 0. The van der Waals surface area contributed by atoms with Crippen molar-refractivity contribution in [3.63, 3.8) is 0 Å². The Morgan fingerprint density at radius 1 is 0.471 bits per heavy atom. The van der Waals surface area contributed by atoms with Gasteiger partial charge in [0.05, 0.1) is 18.9 Å². The SMILES string of the molecule is CCCCCCCCOC(CCC(=O)OCC(COC(=O)CCCCCCCC)COC(=O)OCCCN(CC)CC)OCCCCCCCC. The number of carbonyl (C=O) groups is 3. The highest BCUT2D eigenvalue weighted by atomic mass is 16.7. The smallest absolute Gasteiger partial charge is 0.465 e. The minimum absolute atomic E-state index is 0.0114. The van der Waals surface area contributed by atoms with Crippen molar-refractivity contribution < 1.29 is 42.8 Å². The number of ether oxygens (including phenoxy) is 6. The molecular weight excluding hydrogens is 650 g/mol. The summed E-state index contributed by atoms with van der Waals surface area (Å²) in [7, 11) is 0. The average molecular weight is 730 g/mol. The molecule has 0 fully saturated rings. The standard InChI is InChI=1S/C41H79NO9/c1-6-11-14-17-20-23-27-38(43)49-34-37(36-51-41(45)48-33-26-30-42(9-4)10-5)35-50-39(44)28-29-40(46-31-24-21-18-15-12-7-2)47-32-25-22-19-16-13-8-3/h37,40H,6-36H2,1-5H3. The van der Waals surface area contributed by atoms with Crippen molar-refractivity contribution >= 4 is 18.1 Å². The van der Waals surface area contributed by atoms with Gasteiger partial charge in [-0.25, -0.2) is 4.79 Å². The van der Waals surface area contributed by atoms with Crippen LogP contribution in [0.4, 0.5) is 4.79 Å². The highest BCUT2D eigenvalue weighted by Crippen LogP contribution is 2.13. The van der Waals surface area contributed by atoms with E-state index in [-0.39, 0.29) is 38.8 Å². The first kappa shape index (κ1) is 49.1. The van der Waals surface area contributed by atoms with Crippen molar-refractivity contribution in [1.29, 1.82) is 0 Å². The van der Waals surface area contributed by atoms with Gasteiger partial charge in [0.15, 0.2) is 6.29 Å². The van der Waals surface area contributed by atoms with Crippen LogP contribution in [0.3, 0.4) is 0 Å². The van der Waals surface area contributed by atoms with Gasteiger partial charge in [0.25, 0.3) is 0 Å². The van der Waals surface area contributed by atoms with Crippen molar-refractivity contribution in [2.45, 2.75) is 182 Å². The number of unbranched alkanes of at least 4 members (excludes halogenated alkanes) is 15. The Labute approximate surface area is 312 Å². The average Bonchev–Trinajstić information content (AvgIpc) is 3.13. The second-order valence-corrected chi connectivity index (χ2v) is 13.8. The van der Waals surface area contributed by atoms with Gasteiger partial charge in [0.2, 0.25) is 0 Å². The van der Waals surface area contributed by atoms with Crippen LogP contribution in [-0.4, -0.2) is 88.6 Å². The lowest BCUT2D eigenvalue weighted by Crippen LogP contribution is -2.28. The van der Waals surface area contributed by atoms with Crippen LogP contribution in [0.5, 0.6) is 0 Å². The Morgan fingerprint density at radius 2 is 0.922 bits per heavy atom. The second-order valence-electron chi connectivity index (χ2n) is 13.8. The maximum Gasteiger partial charge on any atom is 0.508 e. The van der Waals surface area contributed by atoms with Crippen molar-refractivity contribution in [2.24, 2.45) is 5.92 Å². The summed E-state index contributed by atoms with van der Waals surface area (Å²) < 4.78 is 33.8. The van der Waals surface area contributed by atoms with Crippen LogP contribution in [0, 0.1) is 5.92 Å². The first-order valence-corrected chi connectivity index (χ1v) is 21.0. The molecule has 0 saturated carbocycles. The number of hydrogen-bond donors (Lipinski definition) is 0. The molecule has 10 heteroatoms. The normalized spacial score (nSPS) is 12.0. The molecule has 0 saturated heterocycles. The van der Waals surface area contributed by atoms with E-state index in [4.69, 9.17) is 28.4 Å². The Morgan fingerprint density at radius 3 is 1.43 bits per heavy atom. The number of nitrogens with zero attached hydrogens (tertiary/aromatic N) is 1. The fourth-order valence-corrected chi connectivity index (χ4v) is 5.62. The first-order chi connectivity index (χ1) is 24.9. The molecule has 10 nitrogen and oxygen atoms in total. The predicted molar refractivity (Wildman–Crippen MR) is 205 cm³/mol. The zero-order chi connectivity index (χ0) is 37.6. The Balaban J connectivity index is 4.89. The van der Waals surface area contributed by atoms with Crippen molar-refractivity contribution in [3.8, 4) is 0 Å². The molecule has 0 amide bonds. The molecule has 0 bridgehead atoms. The van der Waals surface area contributed by atoms with Gasteiger partial charge < -0.3 is 33.3 Å². The van der Waals surface area contributed by atoms with Gasteiger partial charge in [-0.3, -0.25) is 9.59 Å². The molecule has 0 aliphatic heterocycles. The lowest BCUT2D eigenvalue weighted by molar-refractivity contribution is -0.161. The third-order valence-electron chi connectivity index (χ3n) is 9.05. The summed E-state index contributed by atoms with van der Waals surface area (Å²) in [6.45, 7) is 14.9. The van der Waals surface area contributed by atoms with E-state index in [0.29, 0.717) is 32.5 Å². The summed E-state index contributed by atoms with van der Waals surface area (Å²) in [5.41, 5.74) is 0. The van der Waals surface area contributed by atoms with E-state index in [1.54, 1.807) is 0 Å². The first-order valence-electron chi connectivity index (χ1n) is 21.0. The molecule has 51 heavy (non-hydrogen) atoms. The van der Waals surface area contributed by atoms with E-state index in [2.05, 4.69) is 39.5 Å². The minimum Gasteiger partial charge on any atom is -0.465 e. The van der Waals surface area contributed by atoms with Gasteiger partial charge in [0, 0.05) is 32.6 Å². The molecule has 0 aromatic rings. The Kier molecular flexibility index (Phi) is 36.4. The minimum atomic E-state index is -0.780. The third-order valence-corrected chi connectivity index (χ3v) is 9.05. The lowest BCUT2D eigenvalue weighted by Gasteiger charge is -2.20. The number of hydrogen-bond acceptors (Lipinski definition) is 10. The predicted octanol–water partition coefficient (Wildman–Crippen LogP) is 10.2. The zero-order valence-corrected chi connectivity index (χ0v) is 33.7. The summed E-state index contributed by atoms with van der Waals surface area (Å²) in [4.78, 5) is 39.8. The van der Waals surface area contributed by atoms with Gasteiger partial charge >= 0.3 is 18.1 Å². The molecular formula is C41H79NO9. The monoisotopic (exact) mass is 730 g/mol. The summed E-state index contributed by atoms with van der Waals surface area (Å²) in [6, 6.07) is 0. The number of carbonyl (C=O) groups excluding carboxylic acids is 3. The highest BCUT2D eigenvalue weighted by Gasteiger charge is 2.20. The van der Waals surface area contributed by atoms with E-state index < -0.39 is 24.3 Å². The van der Waals surface area contributed by atoms with Crippen molar-refractivity contribution in [1.82, 2.24) is 4.90 Å². The molecule has 1 atom stereocenters. The molecule has 302 valence electrons. The van der Waals surface area contributed by atoms with E-state index in [1.807, 2.05) is 0 Å². The molecule has 0 aromatic carbocycles. The maximum absolute atomic E-state index is 12.8. The fraction of sp³-hybridized carbons (Fsp3) is 0.927. The van der Waals surface area contributed by atoms with E-state index >= 15 is 0 Å². The number of rotatable bonds is 38. The molecule has 0 aliphatic rings. The maximum atomic E-state index is 12.8. The van der Waals surface area contributed by atoms with Crippen LogP contribution >= 0.6 is 0 Å². The van der Waals surface area contributed by atoms with Gasteiger partial charge in [0.1, 0.15) is 19.8 Å². The van der Waals surface area contributed by atoms with Gasteiger partial charge in [-0.2, -0.15) is 0 Å². The second kappa shape index (κ2) is 37.8. The molecule has 0 N–H and O–H groups in total. The fourth-order valence-electron chi connectivity index (χ4n) is 5.62. The topological polar surface area (TPSA) is 110 Å².